The normalized spacial score (nSPS) is 11.5. The molecule has 0 atom stereocenters. The molecule has 0 heterocycles. The summed E-state index contributed by atoms with van der Waals surface area (Å²) in [5.74, 6) is 0.568. The first-order valence-electron chi connectivity index (χ1n) is 9.61. The minimum atomic E-state index is -0.355. The molecule has 4 nitrogen and oxygen atoms in total. The molecule has 0 unspecified atom stereocenters. The molecule has 0 bridgehead atoms. The van der Waals surface area contributed by atoms with Gasteiger partial charge in [0.05, 0.1) is 0 Å². The third-order valence-corrected chi connectivity index (χ3v) is 3.91. The lowest BCUT2D eigenvalue weighted by molar-refractivity contribution is -0.112. The topological polar surface area (TPSA) is 56.1 Å². The molecule has 1 N–H and O–H groups in total. The number of unbranched alkanes of at least 4 members (excludes halogenated alkanes) is 1. The molecule has 0 fully saturated rings. The van der Waals surface area contributed by atoms with Crippen LogP contribution in [0.15, 0.2) is 36.0 Å². The van der Waals surface area contributed by atoms with Crippen molar-refractivity contribution in [2.45, 2.75) is 53.9 Å². The van der Waals surface area contributed by atoms with Gasteiger partial charge in [0, 0.05) is 25.0 Å². The number of rotatable bonds is 10. The van der Waals surface area contributed by atoms with E-state index in [1.165, 1.54) is 5.56 Å². The van der Waals surface area contributed by atoms with Crippen LogP contribution in [-0.4, -0.2) is 23.9 Å². The molecule has 1 aromatic carbocycles. The smallest absolute Gasteiger partial charge is 0.267 e. The number of nitrogens with zero attached hydrogens (tertiary/aromatic N) is 2. The molecule has 0 saturated heterocycles. The first kappa shape index (κ1) is 21.8. The molecule has 0 aliphatic rings. The maximum Gasteiger partial charge on any atom is 0.267 e. The van der Waals surface area contributed by atoms with E-state index < -0.39 is 0 Å². The summed E-state index contributed by atoms with van der Waals surface area (Å²) in [5.41, 5.74) is 2.12. The average molecular weight is 356 g/mol. The van der Waals surface area contributed by atoms with Crippen LogP contribution in [0.3, 0.4) is 0 Å². The summed E-state index contributed by atoms with van der Waals surface area (Å²) >= 11 is 0. The Morgan fingerprint density at radius 3 is 2.19 bits per heavy atom. The number of hydrogen-bond donors (Lipinski definition) is 1. The summed E-state index contributed by atoms with van der Waals surface area (Å²) in [6, 6.07) is 9.91. The Morgan fingerprint density at radius 1 is 1.15 bits per heavy atom. The molecular weight excluding hydrogens is 322 g/mol. The third kappa shape index (κ3) is 8.20. The van der Waals surface area contributed by atoms with Gasteiger partial charge in [-0.05, 0) is 42.4 Å². The maximum absolute atomic E-state index is 12.5. The molecule has 1 rings (SSSR count). The molecule has 0 aromatic heterocycles. The molecule has 0 saturated carbocycles. The first-order chi connectivity index (χ1) is 12.3. The summed E-state index contributed by atoms with van der Waals surface area (Å²) in [6.07, 6.45) is 5.07. The van der Waals surface area contributed by atoms with Gasteiger partial charge in [-0.1, -0.05) is 53.2 Å². The largest absolute Gasteiger partial charge is 0.376 e. The number of nitrogens with one attached hydrogen (secondary N) is 1. The van der Waals surface area contributed by atoms with Crippen LogP contribution in [-0.2, 0) is 11.2 Å². The predicted octanol–water partition coefficient (Wildman–Crippen LogP) is 4.99. The van der Waals surface area contributed by atoms with Gasteiger partial charge in [0.25, 0.3) is 5.91 Å². The van der Waals surface area contributed by atoms with Crippen molar-refractivity contribution in [3.8, 4) is 6.07 Å². The van der Waals surface area contributed by atoms with Crippen molar-refractivity contribution in [1.29, 1.82) is 5.26 Å². The monoisotopic (exact) mass is 355 g/mol. The van der Waals surface area contributed by atoms with E-state index in [2.05, 4.69) is 44.8 Å². The van der Waals surface area contributed by atoms with E-state index in [-0.39, 0.29) is 11.5 Å². The zero-order chi connectivity index (χ0) is 19.5. The number of nitriles is 1. The molecule has 0 aliphatic heterocycles. The van der Waals surface area contributed by atoms with E-state index >= 15 is 0 Å². The lowest BCUT2D eigenvalue weighted by atomic mass is 10.1. The van der Waals surface area contributed by atoms with Crippen LogP contribution in [0.1, 0.15) is 53.0 Å². The number of benzene rings is 1. The van der Waals surface area contributed by atoms with E-state index in [1.807, 2.05) is 30.3 Å². The highest BCUT2D eigenvalue weighted by molar-refractivity contribution is 6.06. The van der Waals surface area contributed by atoms with Crippen LogP contribution in [0.25, 0.3) is 0 Å². The highest BCUT2D eigenvalue weighted by Gasteiger charge is 2.13. The Morgan fingerprint density at radius 2 is 1.73 bits per heavy atom. The van der Waals surface area contributed by atoms with Crippen LogP contribution in [0.2, 0.25) is 0 Å². The zero-order valence-corrected chi connectivity index (χ0v) is 16.9. The third-order valence-electron chi connectivity index (χ3n) is 3.91. The van der Waals surface area contributed by atoms with E-state index in [4.69, 9.17) is 0 Å². The van der Waals surface area contributed by atoms with E-state index in [1.54, 1.807) is 6.20 Å². The molecule has 4 heteroatoms. The van der Waals surface area contributed by atoms with Gasteiger partial charge in [-0.3, -0.25) is 4.79 Å². The van der Waals surface area contributed by atoms with Gasteiger partial charge in [-0.2, -0.15) is 5.26 Å². The van der Waals surface area contributed by atoms with Crippen molar-refractivity contribution in [3.63, 3.8) is 0 Å². The highest BCUT2D eigenvalue weighted by atomic mass is 16.1. The number of carbonyl (C=O) groups excluding carboxylic acids is 1. The Labute approximate surface area is 158 Å². The van der Waals surface area contributed by atoms with E-state index in [0.717, 1.165) is 38.0 Å². The lowest BCUT2D eigenvalue weighted by Gasteiger charge is -2.25. The Bertz CT molecular complexity index is 614. The van der Waals surface area contributed by atoms with Gasteiger partial charge in [-0.15, -0.1) is 0 Å². The Kier molecular flexibility index (Phi) is 9.51. The maximum atomic E-state index is 12.5. The van der Waals surface area contributed by atoms with Crippen LogP contribution in [0.4, 0.5) is 5.69 Å². The summed E-state index contributed by atoms with van der Waals surface area (Å²) in [6.45, 7) is 12.3. The average Bonchev–Trinajstić information content (AvgIpc) is 2.57. The molecule has 0 spiro atoms. The van der Waals surface area contributed by atoms with Crippen LogP contribution in [0.5, 0.6) is 0 Å². The summed E-state index contributed by atoms with van der Waals surface area (Å²) in [5, 5.41) is 12.3. The molecule has 26 heavy (non-hydrogen) atoms. The summed E-state index contributed by atoms with van der Waals surface area (Å²) in [4.78, 5) is 14.5. The molecule has 0 radical (unpaired) electrons. The first-order valence-corrected chi connectivity index (χ1v) is 9.61. The van der Waals surface area contributed by atoms with E-state index in [0.29, 0.717) is 11.8 Å². The lowest BCUT2D eigenvalue weighted by Crippen LogP contribution is -2.28. The van der Waals surface area contributed by atoms with Gasteiger partial charge in [0.15, 0.2) is 0 Å². The fraction of sp³-hybridized carbons (Fsp3) is 0.545. The molecule has 1 aromatic rings. The van der Waals surface area contributed by atoms with E-state index in [9.17, 15) is 10.1 Å². The van der Waals surface area contributed by atoms with Crippen LogP contribution in [0, 0.1) is 23.2 Å². The molecule has 1 amide bonds. The van der Waals surface area contributed by atoms with Gasteiger partial charge >= 0.3 is 0 Å². The number of anilines is 1. The number of aryl methyl sites for hydroxylation is 1. The zero-order valence-electron chi connectivity index (χ0n) is 16.9. The van der Waals surface area contributed by atoms with Gasteiger partial charge in [0.1, 0.15) is 11.6 Å². The quantitative estimate of drug-likeness (QED) is 0.475. The minimum Gasteiger partial charge on any atom is -0.376 e. The predicted molar refractivity (Wildman–Crippen MR) is 109 cm³/mol. The number of hydrogen-bond acceptors (Lipinski definition) is 3. The van der Waals surface area contributed by atoms with Gasteiger partial charge < -0.3 is 10.2 Å². The highest BCUT2D eigenvalue weighted by Crippen LogP contribution is 2.14. The van der Waals surface area contributed by atoms with Crippen molar-refractivity contribution < 1.29 is 4.79 Å². The minimum absolute atomic E-state index is 0.140. The second-order valence-electron chi connectivity index (χ2n) is 7.65. The standard InChI is InChI=1S/C22H33N3O/c1-6-7-8-19-9-11-21(12-10-19)24-22(26)20(13-23)16-25(14-17(2)3)15-18(4)5/h9-12,16-18H,6-8,14-15H2,1-5H3,(H,24,26)/b20-16-. The van der Waals surface area contributed by atoms with Gasteiger partial charge in [0.2, 0.25) is 0 Å². The van der Waals surface area contributed by atoms with Crippen molar-refractivity contribution in [3.05, 3.63) is 41.6 Å². The number of amides is 1. The van der Waals surface area contributed by atoms with Crippen molar-refractivity contribution in [2.24, 2.45) is 11.8 Å². The fourth-order valence-corrected chi connectivity index (χ4v) is 2.77. The summed E-state index contributed by atoms with van der Waals surface area (Å²) in [7, 11) is 0. The van der Waals surface area contributed by atoms with Crippen LogP contribution < -0.4 is 5.32 Å². The fourth-order valence-electron chi connectivity index (χ4n) is 2.77. The van der Waals surface area contributed by atoms with Crippen molar-refractivity contribution >= 4 is 11.6 Å². The second-order valence-corrected chi connectivity index (χ2v) is 7.65. The van der Waals surface area contributed by atoms with Crippen LogP contribution >= 0.6 is 0 Å². The molecule has 142 valence electrons. The summed E-state index contributed by atoms with van der Waals surface area (Å²) < 4.78 is 0. The SMILES string of the molecule is CCCCc1ccc(NC(=O)/C(C#N)=C\N(CC(C)C)CC(C)C)cc1. The Hall–Kier alpha value is -2.28. The Balaban J connectivity index is 2.81. The second kappa shape index (κ2) is 11.4. The van der Waals surface area contributed by atoms with Crippen molar-refractivity contribution in [1.82, 2.24) is 4.90 Å². The molecule has 0 aliphatic carbocycles. The molecular formula is C22H33N3O. The van der Waals surface area contributed by atoms with Gasteiger partial charge in [-0.25, -0.2) is 0 Å². The number of carbonyl (C=O) groups is 1. The van der Waals surface area contributed by atoms with Crippen molar-refractivity contribution in [2.75, 3.05) is 18.4 Å².